The van der Waals surface area contributed by atoms with Crippen molar-refractivity contribution in [2.45, 2.75) is 26.0 Å². The predicted molar refractivity (Wildman–Crippen MR) is 61.7 cm³/mol. The summed E-state index contributed by atoms with van der Waals surface area (Å²) < 4.78 is 0. The van der Waals surface area contributed by atoms with E-state index in [4.69, 9.17) is 5.73 Å². The summed E-state index contributed by atoms with van der Waals surface area (Å²) in [7, 11) is 2.00. The third-order valence-corrected chi connectivity index (χ3v) is 2.33. The van der Waals surface area contributed by atoms with E-state index in [2.05, 4.69) is 9.88 Å². The normalized spacial score (nSPS) is 12.5. The van der Waals surface area contributed by atoms with Gasteiger partial charge in [-0.25, -0.2) is 0 Å². The Labute approximate surface area is 90.7 Å². The van der Waals surface area contributed by atoms with E-state index >= 15 is 0 Å². The molecule has 0 amide bonds. The molecule has 1 aromatic heterocycles. The molecule has 0 saturated carbocycles. The summed E-state index contributed by atoms with van der Waals surface area (Å²) in [6, 6.07) is 3.92. The molecule has 3 N–H and O–H groups in total. The van der Waals surface area contributed by atoms with Crippen molar-refractivity contribution in [3.8, 4) is 0 Å². The number of aliphatic hydroxyl groups is 1. The number of hydrogen-bond donors (Lipinski definition) is 2. The summed E-state index contributed by atoms with van der Waals surface area (Å²) in [5.41, 5.74) is 7.49. The van der Waals surface area contributed by atoms with Crippen molar-refractivity contribution >= 4 is 5.69 Å². The van der Waals surface area contributed by atoms with Crippen molar-refractivity contribution in [2.75, 3.05) is 18.5 Å². The van der Waals surface area contributed by atoms with Crippen LogP contribution in [0.2, 0.25) is 0 Å². The minimum Gasteiger partial charge on any atom is -0.393 e. The van der Waals surface area contributed by atoms with E-state index in [0.717, 1.165) is 24.3 Å². The molecule has 0 fully saturated rings. The summed E-state index contributed by atoms with van der Waals surface area (Å²) in [5.74, 6) is 0. The lowest BCUT2D eigenvalue weighted by Crippen LogP contribution is -2.22. The minimum absolute atomic E-state index is 0.261. The fraction of sp³-hybridized carbons (Fsp3) is 0.545. The molecule has 0 radical (unpaired) electrons. The Morgan fingerprint density at radius 3 is 2.93 bits per heavy atom. The molecule has 0 aliphatic heterocycles. The van der Waals surface area contributed by atoms with Gasteiger partial charge in [0.1, 0.15) is 0 Å². The lowest BCUT2D eigenvalue weighted by Gasteiger charge is -2.20. The van der Waals surface area contributed by atoms with Crippen LogP contribution in [-0.2, 0) is 6.54 Å². The van der Waals surface area contributed by atoms with Crippen LogP contribution in [0, 0.1) is 0 Å². The number of hydrogen-bond acceptors (Lipinski definition) is 4. The van der Waals surface area contributed by atoms with E-state index < -0.39 is 0 Å². The molecule has 1 unspecified atom stereocenters. The molecule has 0 saturated heterocycles. The van der Waals surface area contributed by atoms with Gasteiger partial charge in [-0.3, -0.25) is 4.98 Å². The summed E-state index contributed by atoms with van der Waals surface area (Å²) in [6.45, 7) is 3.08. The Balaban J connectivity index is 2.60. The van der Waals surface area contributed by atoms with Gasteiger partial charge < -0.3 is 15.7 Å². The molecule has 84 valence electrons. The summed E-state index contributed by atoms with van der Waals surface area (Å²) >= 11 is 0. The largest absolute Gasteiger partial charge is 0.393 e. The molecule has 1 heterocycles. The highest BCUT2D eigenvalue weighted by molar-refractivity contribution is 5.45. The molecule has 4 heteroatoms. The first-order valence-electron chi connectivity index (χ1n) is 5.17. The first-order valence-corrected chi connectivity index (χ1v) is 5.17. The van der Waals surface area contributed by atoms with Crippen LogP contribution in [0.15, 0.2) is 18.3 Å². The summed E-state index contributed by atoms with van der Waals surface area (Å²) in [4.78, 5) is 6.23. The quantitative estimate of drug-likeness (QED) is 0.751. The third kappa shape index (κ3) is 3.85. The Morgan fingerprint density at radius 1 is 1.60 bits per heavy atom. The summed E-state index contributed by atoms with van der Waals surface area (Å²) in [6.07, 6.45) is 2.26. The highest BCUT2D eigenvalue weighted by Gasteiger charge is 2.03. The van der Waals surface area contributed by atoms with Crippen LogP contribution in [-0.4, -0.2) is 29.8 Å². The van der Waals surface area contributed by atoms with Crippen LogP contribution >= 0.6 is 0 Å². The SMILES string of the molecule is CC(O)CCN(C)c1ccnc(CN)c1. The Hall–Kier alpha value is -1.13. The molecule has 0 aliphatic rings. The Bertz CT molecular complexity index is 302. The molecule has 0 bridgehead atoms. The van der Waals surface area contributed by atoms with E-state index in [1.165, 1.54) is 0 Å². The maximum absolute atomic E-state index is 9.19. The fourth-order valence-electron chi connectivity index (χ4n) is 1.32. The van der Waals surface area contributed by atoms with Crippen LogP contribution in [0.5, 0.6) is 0 Å². The van der Waals surface area contributed by atoms with Crippen LogP contribution in [0.3, 0.4) is 0 Å². The number of pyridine rings is 1. The summed E-state index contributed by atoms with van der Waals surface area (Å²) in [5, 5.41) is 9.19. The van der Waals surface area contributed by atoms with Gasteiger partial charge in [0.25, 0.3) is 0 Å². The van der Waals surface area contributed by atoms with Crippen LogP contribution in [0.25, 0.3) is 0 Å². The zero-order valence-corrected chi connectivity index (χ0v) is 9.35. The van der Waals surface area contributed by atoms with Gasteiger partial charge in [0.2, 0.25) is 0 Å². The first kappa shape index (κ1) is 11.9. The molecule has 1 rings (SSSR count). The standard InChI is InChI=1S/C11H19N3O/c1-9(15)4-6-14(2)11-3-5-13-10(7-11)8-12/h3,5,7,9,15H,4,6,8,12H2,1-2H3. The lowest BCUT2D eigenvalue weighted by atomic mass is 10.2. The molecule has 0 aromatic carbocycles. The topological polar surface area (TPSA) is 62.4 Å². The average molecular weight is 209 g/mol. The van der Waals surface area contributed by atoms with Gasteiger partial charge in [0.15, 0.2) is 0 Å². The molecular weight excluding hydrogens is 190 g/mol. The van der Waals surface area contributed by atoms with Crippen molar-refractivity contribution in [3.05, 3.63) is 24.0 Å². The van der Waals surface area contributed by atoms with E-state index in [-0.39, 0.29) is 6.10 Å². The van der Waals surface area contributed by atoms with Gasteiger partial charge in [-0.05, 0) is 25.5 Å². The van der Waals surface area contributed by atoms with Crippen LogP contribution in [0.4, 0.5) is 5.69 Å². The van der Waals surface area contributed by atoms with Crippen LogP contribution in [0.1, 0.15) is 19.0 Å². The second-order valence-electron chi connectivity index (χ2n) is 3.77. The first-order chi connectivity index (χ1) is 7.13. The van der Waals surface area contributed by atoms with E-state index in [0.29, 0.717) is 6.54 Å². The molecule has 0 aliphatic carbocycles. The number of aliphatic hydroxyl groups excluding tert-OH is 1. The highest BCUT2D eigenvalue weighted by Crippen LogP contribution is 2.13. The zero-order valence-electron chi connectivity index (χ0n) is 9.35. The van der Waals surface area contributed by atoms with Gasteiger partial charge in [0, 0.05) is 32.0 Å². The highest BCUT2D eigenvalue weighted by atomic mass is 16.3. The smallest absolute Gasteiger partial charge is 0.0560 e. The monoisotopic (exact) mass is 209 g/mol. The van der Waals surface area contributed by atoms with Gasteiger partial charge >= 0.3 is 0 Å². The lowest BCUT2D eigenvalue weighted by molar-refractivity contribution is 0.187. The second-order valence-corrected chi connectivity index (χ2v) is 3.77. The van der Waals surface area contributed by atoms with Gasteiger partial charge in [-0.1, -0.05) is 0 Å². The predicted octanol–water partition coefficient (Wildman–Crippen LogP) is 0.747. The van der Waals surface area contributed by atoms with Crippen LogP contribution < -0.4 is 10.6 Å². The average Bonchev–Trinajstić information content (AvgIpc) is 2.26. The van der Waals surface area contributed by atoms with E-state index in [9.17, 15) is 5.11 Å². The van der Waals surface area contributed by atoms with E-state index in [1.54, 1.807) is 13.1 Å². The Morgan fingerprint density at radius 2 is 2.33 bits per heavy atom. The van der Waals surface area contributed by atoms with Crippen molar-refractivity contribution in [3.63, 3.8) is 0 Å². The van der Waals surface area contributed by atoms with Crippen molar-refractivity contribution in [1.29, 1.82) is 0 Å². The van der Waals surface area contributed by atoms with Gasteiger partial charge in [-0.15, -0.1) is 0 Å². The molecule has 1 atom stereocenters. The number of nitrogens with zero attached hydrogens (tertiary/aromatic N) is 2. The molecular formula is C11H19N3O. The maximum atomic E-state index is 9.19. The number of rotatable bonds is 5. The van der Waals surface area contributed by atoms with Gasteiger partial charge in [-0.2, -0.15) is 0 Å². The van der Waals surface area contributed by atoms with Crippen molar-refractivity contribution in [2.24, 2.45) is 5.73 Å². The van der Waals surface area contributed by atoms with Crippen molar-refractivity contribution < 1.29 is 5.11 Å². The van der Waals surface area contributed by atoms with E-state index in [1.807, 2.05) is 19.2 Å². The van der Waals surface area contributed by atoms with Gasteiger partial charge in [0.05, 0.1) is 11.8 Å². The number of aromatic nitrogens is 1. The molecule has 1 aromatic rings. The second kappa shape index (κ2) is 5.68. The Kier molecular flexibility index (Phi) is 4.52. The maximum Gasteiger partial charge on any atom is 0.0560 e. The van der Waals surface area contributed by atoms with Crippen molar-refractivity contribution in [1.82, 2.24) is 4.98 Å². The molecule has 4 nitrogen and oxygen atoms in total. The zero-order chi connectivity index (χ0) is 11.3. The minimum atomic E-state index is -0.261. The third-order valence-electron chi connectivity index (χ3n) is 2.33. The fourth-order valence-corrected chi connectivity index (χ4v) is 1.32. The number of anilines is 1. The molecule has 15 heavy (non-hydrogen) atoms. The molecule has 0 spiro atoms. The number of nitrogens with two attached hydrogens (primary N) is 1.